The number of likely N-dealkylation sites (N-methyl/N-ethyl adjacent to an activating group) is 1. The Kier molecular flexibility index (Phi) is 17.3. The van der Waals surface area contributed by atoms with E-state index in [9.17, 15) is 19.5 Å². The molecule has 8 nitrogen and oxygen atoms in total. The molecule has 0 unspecified atom stereocenters. The summed E-state index contributed by atoms with van der Waals surface area (Å²) in [6, 6.07) is -0.361. The number of carbonyl (C=O) groups excluding carboxylic acids is 3. The van der Waals surface area contributed by atoms with Gasteiger partial charge in [-0.05, 0) is 64.6 Å². The second-order valence-electron chi connectivity index (χ2n) is 10.7. The first-order valence-electron chi connectivity index (χ1n) is 13.2. The molecule has 3 amide bonds. The summed E-state index contributed by atoms with van der Waals surface area (Å²) >= 11 is 0. The van der Waals surface area contributed by atoms with Gasteiger partial charge in [-0.2, -0.15) is 0 Å². The van der Waals surface area contributed by atoms with Gasteiger partial charge in [0.05, 0.1) is 25.2 Å². The summed E-state index contributed by atoms with van der Waals surface area (Å²) in [5.41, 5.74) is 0.567. The van der Waals surface area contributed by atoms with Crippen LogP contribution in [0.4, 0.5) is 0 Å². The number of nitrogens with zero attached hydrogens (tertiary/aromatic N) is 3. The Bertz CT molecular complexity index is 642. The van der Waals surface area contributed by atoms with Crippen molar-refractivity contribution in [3.8, 4) is 0 Å². The van der Waals surface area contributed by atoms with Gasteiger partial charge in [-0.25, -0.2) is 0 Å². The molecule has 2 aliphatic heterocycles. The van der Waals surface area contributed by atoms with Crippen LogP contribution in [-0.2, 0) is 14.4 Å². The molecular weight excluding hydrogens is 444 g/mol. The van der Waals surface area contributed by atoms with Crippen LogP contribution in [0.1, 0.15) is 73.6 Å². The smallest absolute Gasteiger partial charge is 0.249 e. The number of carbonyl (C=O) groups is 3. The minimum atomic E-state index is -0.245. The zero-order valence-corrected chi connectivity index (χ0v) is 23.5. The van der Waals surface area contributed by atoms with Gasteiger partial charge < -0.3 is 25.1 Å². The topological polar surface area (TPSA) is 93.2 Å². The first-order chi connectivity index (χ1) is 16.5. The van der Waals surface area contributed by atoms with Crippen molar-refractivity contribution in [2.45, 2.75) is 85.7 Å². The lowest BCUT2D eigenvalue weighted by atomic mass is 9.99. The molecule has 0 bridgehead atoms. The van der Waals surface area contributed by atoms with E-state index in [1.54, 1.807) is 29.8 Å². The summed E-state index contributed by atoms with van der Waals surface area (Å²) in [6.07, 6.45) is 8.28. The monoisotopic (exact) mass is 496 g/mol. The SMILES string of the molecule is C/C(=C\[C@H](C(C)C)N(C)C(=O)CNC=O)C(=O)N1CCC[C@H]1CO.CC(C)C.CN1CCCCC1. The molecule has 0 aromatic rings. The fourth-order valence-corrected chi connectivity index (χ4v) is 4.07. The van der Waals surface area contributed by atoms with Crippen LogP contribution < -0.4 is 5.32 Å². The normalized spacial score (nSPS) is 19.3. The van der Waals surface area contributed by atoms with E-state index in [0.29, 0.717) is 18.5 Å². The number of amides is 3. The van der Waals surface area contributed by atoms with Crippen molar-refractivity contribution >= 4 is 18.2 Å². The minimum Gasteiger partial charge on any atom is -0.394 e. The van der Waals surface area contributed by atoms with Crippen LogP contribution in [0.3, 0.4) is 0 Å². The fraction of sp³-hybridized carbons (Fsp3) is 0.815. The molecule has 2 saturated heterocycles. The summed E-state index contributed by atoms with van der Waals surface area (Å²) in [6.45, 7) is 15.4. The number of nitrogens with one attached hydrogen (secondary N) is 1. The lowest BCUT2D eigenvalue weighted by Crippen LogP contribution is -2.44. The number of rotatable bonds is 8. The second-order valence-corrected chi connectivity index (χ2v) is 10.7. The van der Waals surface area contributed by atoms with Crippen molar-refractivity contribution in [2.75, 3.05) is 46.9 Å². The van der Waals surface area contributed by atoms with Crippen LogP contribution >= 0.6 is 0 Å². The molecule has 0 aromatic carbocycles. The van der Waals surface area contributed by atoms with Gasteiger partial charge in [-0.15, -0.1) is 0 Å². The lowest BCUT2D eigenvalue weighted by Gasteiger charge is -2.30. The largest absolute Gasteiger partial charge is 0.394 e. The van der Waals surface area contributed by atoms with Crippen molar-refractivity contribution < 1.29 is 19.5 Å². The Balaban J connectivity index is 0.000000860. The molecule has 2 fully saturated rings. The third kappa shape index (κ3) is 13.7. The number of aliphatic hydroxyl groups is 1. The zero-order chi connectivity index (χ0) is 27.0. The van der Waals surface area contributed by atoms with Gasteiger partial charge in [0.15, 0.2) is 0 Å². The number of piperidine rings is 1. The van der Waals surface area contributed by atoms with Crippen LogP contribution in [0.5, 0.6) is 0 Å². The molecule has 35 heavy (non-hydrogen) atoms. The summed E-state index contributed by atoms with van der Waals surface area (Å²) in [4.78, 5) is 40.7. The second kappa shape index (κ2) is 18.4. The Labute approximate surface area is 214 Å². The molecule has 204 valence electrons. The quantitative estimate of drug-likeness (QED) is 0.398. The molecule has 0 spiro atoms. The summed E-state index contributed by atoms with van der Waals surface area (Å²) in [5.74, 6) is 0.640. The first kappa shape index (κ1) is 33.1. The summed E-state index contributed by atoms with van der Waals surface area (Å²) in [7, 11) is 3.86. The minimum absolute atomic E-state index is 0.0254. The van der Waals surface area contributed by atoms with Gasteiger partial charge in [0.1, 0.15) is 0 Å². The first-order valence-corrected chi connectivity index (χ1v) is 13.2. The third-order valence-corrected chi connectivity index (χ3v) is 6.05. The molecule has 2 N–H and O–H groups in total. The number of likely N-dealkylation sites (tertiary alicyclic amines) is 2. The van der Waals surface area contributed by atoms with E-state index in [-0.39, 0.29) is 43.0 Å². The van der Waals surface area contributed by atoms with Gasteiger partial charge in [0.2, 0.25) is 18.2 Å². The van der Waals surface area contributed by atoms with Gasteiger partial charge in [-0.1, -0.05) is 47.1 Å². The van der Waals surface area contributed by atoms with Crippen LogP contribution in [0.25, 0.3) is 0 Å². The summed E-state index contributed by atoms with van der Waals surface area (Å²) in [5, 5.41) is 11.7. The Hall–Kier alpha value is -1.93. The number of aliphatic hydroxyl groups excluding tert-OH is 1. The average Bonchev–Trinajstić information content (AvgIpc) is 3.29. The molecule has 2 rings (SSSR count). The Morgan fingerprint density at radius 1 is 1.06 bits per heavy atom. The van der Waals surface area contributed by atoms with E-state index < -0.39 is 0 Å². The highest BCUT2D eigenvalue weighted by Crippen LogP contribution is 2.21. The number of hydrogen-bond acceptors (Lipinski definition) is 5. The van der Waals surface area contributed by atoms with Crippen LogP contribution in [0.15, 0.2) is 11.6 Å². The van der Waals surface area contributed by atoms with Crippen LogP contribution in [-0.4, -0.2) is 97.0 Å². The van der Waals surface area contributed by atoms with Crippen LogP contribution in [0, 0.1) is 11.8 Å². The van der Waals surface area contributed by atoms with Crippen molar-refractivity contribution in [1.29, 1.82) is 0 Å². The summed E-state index contributed by atoms with van der Waals surface area (Å²) < 4.78 is 0. The van der Waals surface area contributed by atoms with E-state index in [0.717, 1.165) is 18.8 Å². The fourth-order valence-electron chi connectivity index (χ4n) is 4.07. The molecule has 8 heteroatoms. The maximum absolute atomic E-state index is 12.6. The molecule has 0 saturated carbocycles. The maximum Gasteiger partial charge on any atom is 0.249 e. The highest BCUT2D eigenvalue weighted by atomic mass is 16.3. The Morgan fingerprint density at radius 3 is 2.06 bits per heavy atom. The Morgan fingerprint density at radius 2 is 1.63 bits per heavy atom. The van der Waals surface area contributed by atoms with E-state index >= 15 is 0 Å². The molecule has 2 atom stereocenters. The molecule has 0 aliphatic carbocycles. The predicted molar refractivity (Wildman–Crippen MR) is 143 cm³/mol. The van der Waals surface area contributed by atoms with E-state index in [1.807, 2.05) is 13.8 Å². The van der Waals surface area contributed by atoms with Crippen molar-refractivity contribution in [3.63, 3.8) is 0 Å². The van der Waals surface area contributed by atoms with E-state index in [2.05, 4.69) is 38.0 Å². The predicted octanol–water partition coefficient (Wildman–Crippen LogP) is 2.91. The molecule has 2 aliphatic rings. The molecule has 0 aromatic heterocycles. The van der Waals surface area contributed by atoms with Crippen molar-refractivity contribution in [2.24, 2.45) is 11.8 Å². The number of hydrogen-bond donors (Lipinski definition) is 2. The maximum atomic E-state index is 12.6. The zero-order valence-electron chi connectivity index (χ0n) is 23.5. The standard InChI is InChI=1S/C17H29N3O4.C6H13N.C4H10/c1-12(2)15(19(4)16(23)9-18-11-22)8-13(3)17(24)20-7-5-6-14(20)10-21;1-7-5-3-2-4-6-7;1-4(2)3/h8,11-12,14-15,21H,5-7,9-10H2,1-4H3,(H,18,22);2-6H2,1H3;4H,1-3H3/b13-8+;;/t14-,15+;;/m0../s1. The van der Waals surface area contributed by atoms with Crippen molar-refractivity contribution in [1.82, 2.24) is 20.0 Å². The average molecular weight is 497 g/mol. The molecule has 0 radical (unpaired) electrons. The van der Waals surface area contributed by atoms with Gasteiger partial charge in [0, 0.05) is 19.2 Å². The van der Waals surface area contributed by atoms with E-state index in [4.69, 9.17) is 0 Å². The highest BCUT2D eigenvalue weighted by molar-refractivity contribution is 5.93. The molecular formula is C27H52N4O4. The van der Waals surface area contributed by atoms with Gasteiger partial charge in [-0.3, -0.25) is 14.4 Å². The van der Waals surface area contributed by atoms with E-state index in [1.165, 1.54) is 32.4 Å². The molecule has 2 heterocycles. The highest BCUT2D eigenvalue weighted by Gasteiger charge is 2.30. The van der Waals surface area contributed by atoms with Gasteiger partial charge in [0.25, 0.3) is 0 Å². The lowest BCUT2D eigenvalue weighted by molar-refractivity contribution is -0.132. The third-order valence-electron chi connectivity index (χ3n) is 6.05. The van der Waals surface area contributed by atoms with Gasteiger partial charge >= 0.3 is 0 Å². The van der Waals surface area contributed by atoms with Crippen LogP contribution in [0.2, 0.25) is 0 Å². The van der Waals surface area contributed by atoms with Crippen molar-refractivity contribution in [3.05, 3.63) is 11.6 Å².